The summed E-state index contributed by atoms with van der Waals surface area (Å²) in [5.74, 6) is 2.09. The molecule has 4 aromatic rings. The highest BCUT2D eigenvalue weighted by molar-refractivity contribution is 8.76. The van der Waals surface area contributed by atoms with Gasteiger partial charge < -0.3 is 24.3 Å². The molecule has 13 heteroatoms. The zero-order chi connectivity index (χ0) is 28.0. The molecule has 40 heavy (non-hydrogen) atoms. The van der Waals surface area contributed by atoms with Crippen LogP contribution in [0.2, 0.25) is 0 Å². The van der Waals surface area contributed by atoms with Gasteiger partial charge in [0.2, 0.25) is 0 Å². The first-order valence-electron chi connectivity index (χ1n) is 12.8. The number of hydrogen-bond donors (Lipinski definition) is 1. The third-order valence-electron chi connectivity index (χ3n) is 6.19. The summed E-state index contributed by atoms with van der Waals surface area (Å²) in [6.45, 7) is 4.79. The van der Waals surface area contributed by atoms with E-state index in [2.05, 4.69) is 34.0 Å². The standard InChI is InChI=1S/C27H32N5O5PS2/c1-19-7-6-8-21(11-19)13-34-23-14-39-40-15-24(23)37-38(33,36-22-9-4-3-5-10-22)18-35-20(2)12-32-17-31-25-26(28)29-16-30-27(25)32/h3-11,16-17,20,23-24H,12-15,18H2,1-2H3,(H2,28,29,30)/t20-,23+,24+,38?/m1/s1. The molecular weight excluding hydrogens is 569 g/mol. The van der Waals surface area contributed by atoms with Crippen LogP contribution in [0.1, 0.15) is 18.1 Å². The van der Waals surface area contributed by atoms with Crippen LogP contribution in [0, 0.1) is 6.92 Å². The van der Waals surface area contributed by atoms with E-state index < -0.39 is 13.7 Å². The number of imidazole rings is 1. The molecule has 0 bridgehead atoms. The molecule has 1 aliphatic heterocycles. The lowest BCUT2D eigenvalue weighted by molar-refractivity contribution is -0.0192. The van der Waals surface area contributed by atoms with E-state index in [0.717, 1.165) is 5.56 Å². The second kappa shape index (κ2) is 13.4. The van der Waals surface area contributed by atoms with Crippen molar-refractivity contribution in [3.63, 3.8) is 0 Å². The van der Waals surface area contributed by atoms with Crippen molar-refractivity contribution in [2.45, 2.75) is 45.3 Å². The van der Waals surface area contributed by atoms with Gasteiger partial charge in [-0.15, -0.1) is 0 Å². The van der Waals surface area contributed by atoms with Crippen molar-refractivity contribution in [3.8, 4) is 5.75 Å². The average molecular weight is 602 g/mol. The molecule has 2 aromatic carbocycles. The van der Waals surface area contributed by atoms with Crippen LogP contribution in [-0.2, 0) is 31.7 Å². The van der Waals surface area contributed by atoms with Gasteiger partial charge in [-0.25, -0.2) is 19.5 Å². The van der Waals surface area contributed by atoms with E-state index in [1.807, 2.05) is 41.8 Å². The van der Waals surface area contributed by atoms with E-state index in [1.165, 1.54) is 11.9 Å². The van der Waals surface area contributed by atoms with Crippen LogP contribution in [-0.4, -0.2) is 55.7 Å². The predicted molar refractivity (Wildman–Crippen MR) is 159 cm³/mol. The quantitative estimate of drug-likeness (QED) is 0.158. The zero-order valence-electron chi connectivity index (χ0n) is 22.3. The Labute approximate surface area is 241 Å². The van der Waals surface area contributed by atoms with Gasteiger partial charge in [-0.3, -0.25) is 4.52 Å². The lowest BCUT2D eigenvalue weighted by Crippen LogP contribution is -2.38. The molecule has 2 aromatic heterocycles. The summed E-state index contributed by atoms with van der Waals surface area (Å²) in [6, 6.07) is 17.2. The number of rotatable bonds is 12. The summed E-state index contributed by atoms with van der Waals surface area (Å²) in [5, 5.41) is 0. The van der Waals surface area contributed by atoms with Gasteiger partial charge in [0.1, 0.15) is 23.7 Å². The molecule has 2 N–H and O–H groups in total. The largest absolute Gasteiger partial charge is 0.423 e. The highest BCUT2D eigenvalue weighted by Crippen LogP contribution is 2.52. The van der Waals surface area contributed by atoms with Crippen LogP contribution in [0.15, 0.2) is 67.3 Å². The minimum absolute atomic E-state index is 0.230. The SMILES string of the molecule is Cc1cccc(CO[C@H]2CSSC[C@@H]2OP(=O)(CO[C@H](C)Cn2cnc3c(N)ncnc32)Oc2ccccc2)c1. The van der Waals surface area contributed by atoms with Crippen molar-refractivity contribution in [2.75, 3.05) is 23.6 Å². The Morgan fingerprint density at radius 3 is 2.67 bits per heavy atom. The molecule has 0 radical (unpaired) electrons. The smallest absolute Gasteiger partial charge is 0.405 e. The van der Waals surface area contributed by atoms with Crippen molar-refractivity contribution >= 4 is 46.2 Å². The maximum absolute atomic E-state index is 14.2. The molecule has 1 fully saturated rings. The Morgan fingerprint density at radius 1 is 1.07 bits per heavy atom. The predicted octanol–water partition coefficient (Wildman–Crippen LogP) is 5.72. The monoisotopic (exact) mass is 601 g/mol. The van der Waals surface area contributed by atoms with Crippen LogP contribution in [0.25, 0.3) is 11.2 Å². The van der Waals surface area contributed by atoms with E-state index in [9.17, 15) is 4.57 Å². The third-order valence-corrected chi connectivity index (χ3v) is 10.2. The maximum atomic E-state index is 14.2. The summed E-state index contributed by atoms with van der Waals surface area (Å²) in [7, 11) is -0.358. The Morgan fingerprint density at radius 2 is 1.88 bits per heavy atom. The fourth-order valence-electron chi connectivity index (χ4n) is 4.21. The number of benzene rings is 2. The lowest BCUT2D eigenvalue weighted by atomic mass is 10.1. The van der Waals surface area contributed by atoms with Gasteiger partial charge in [-0.1, -0.05) is 69.6 Å². The summed E-state index contributed by atoms with van der Waals surface area (Å²) in [5.41, 5.74) is 9.30. The normalized spacial score (nSPS) is 19.8. The van der Waals surface area contributed by atoms with Crippen molar-refractivity contribution in [1.29, 1.82) is 0 Å². The van der Waals surface area contributed by atoms with E-state index in [-0.39, 0.29) is 18.6 Å². The highest BCUT2D eigenvalue weighted by Gasteiger charge is 2.38. The number of aryl methyl sites for hydroxylation is 1. The molecular formula is C27H32N5O5PS2. The minimum Gasteiger partial charge on any atom is -0.423 e. The number of fused-ring (bicyclic) bond motifs is 1. The number of nitrogens with zero attached hydrogens (tertiary/aromatic N) is 4. The zero-order valence-corrected chi connectivity index (χ0v) is 24.8. The molecule has 10 nitrogen and oxygen atoms in total. The van der Waals surface area contributed by atoms with Gasteiger partial charge >= 0.3 is 7.60 Å². The first-order chi connectivity index (χ1) is 19.4. The molecule has 5 rings (SSSR count). The maximum Gasteiger partial charge on any atom is 0.405 e. The third kappa shape index (κ3) is 7.57. The first-order valence-corrected chi connectivity index (χ1v) is 17.1. The number of aromatic nitrogens is 4. The first kappa shape index (κ1) is 28.9. The molecule has 1 aliphatic rings. The molecule has 1 saturated heterocycles. The van der Waals surface area contributed by atoms with Crippen LogP contribution in [0.5, 0.6) is 5.75 Å². The van der Waals surface area contributed by atoms with Crippen LogP contribution < -0.4 is 10.3 Å². The van der Waals surface area contributed by atoms with Gasteiger partial charge in [0, 0.05) is 11.5 Å². The Balaban J connectivity index is 1.27. The number of anilines is 1. The molecule has 212 valence electrons. The van der Waals surface area contributed by atoms with E-state index in [1.54, 1.807) is 40.0 Å². The topological polar surface area (TPSA) is 124 Å². The average Bonchev–Trinajstić information content (AvgIpc) is 3.36. The van der Waals surface area contributed by atoms with Gasteiger partial charge in [0.05, 0.1) is 31.7 Å². The molecule has 0 aliphatic carbocycles. The Bertz CT molecular complexity index is 1460. The van der Waals surface area contributed by atoms with Crippen LogP contribution in [0.3, 0.4) is 0 Å². The lowest BCUT2D eigenvalue weighted by Gasteiger charge is -2.33. The Hall–Kier alpha value is -2.60. The molecule has 0 amide bonds. The van der Waals surface area contributed by atoms with Gasteiger partial charge in [0.15, 0.2) is 17.8 Å². The molecule has 1 unspecified atom stereocenters. The minimum atomic E-state index is -3.75. The molecule has 0 spiro atoms. The summed E-state index contributed by atoms with van der Waals surface area (Å²) in [6.07, 6.45) is 1.77. The van der Waals surface area contributed by atoms with Gasteiger partial charge in [0.25, 0.3) is 0 Å². The second-order valence-corrected chi connectivity index (χ2v) is 13.9. The fourth-order valence-corrected chi connectivity index (χ4v) is 8.41. The Kier molecular flexibility index (Phi) is 9.67. The van der Waals surface area contributed by atoms with E-state index >= 15 is 0 Å². The van der Waals surface area contributed by atoms with Crippen LogP contribution in [0.4, 0.5) is 5.82 Å². The highest BCUT2D eigenvalue weighted by atomic mass is 33.1. The van der Waals surface area contributed by atoms with Gasteiger partial charge in [-0.2, -0.15) is 0 Å². The second-order valence-electron chi connectivity index (χ2n) is 9.50. The van der Waals surface area contributed by atoms with E-state index in [0.29, 0.717) is 47.4 Å². The van der Waals surface area contributed by atoms with Crippen molar-refractivity contribution in [3.05, 3.63) is 78.4 Å². The van der Waals surface area contributed by atoms with Crippen molar-refractivity contribution in [2.24, 2.45) is 0 Å². The number of nitrogens with two attached hydrogens (primary N) is 1. The summed E-state index contributed by atoms with van der Waals surface area (Å²) in [4.78, 5) is 12.6. The van der Waals surface area contributed by atoms with Crippen molar-refractivity contribution in [1.82, 2.24) is 19.5 Å². The number of ether oxygens (including phenoxy) is 2. The fraction of sp³-hybridized carbons (Fsp3) is 0.370. The number of para-hydroxylation sites is 1. The number of nitrogen functional groups attached to an aromatic ring is 1. The summed E-state index contributed by atoms with van der Waals surface area (Å²) < 4.78 is 40.6. The molecule has 3 heterocycles. The number of hydrogen-bond acceptors (Lipinski definition) is 11. The molecule has 0 saturated carbocycles. The summed E-state index contributed by atoms with van der Waals surface area (Å²) >= 11 is 0. The van der Waals surface area contributed by atoms with Crippen LogP contribution >= 0.6 is 29.2 Å². The van der Waals surface area contributed by atoms with Crippen molar-refractivity contribution < 1.29 is 23.1 Å². The van der Waals surface area contributed by atoms with Gasteiger partial charge in [-0.05, 0) is 31.5 Å². The van der Waals surface area contributed by atoms with E-state index in [4.69, 9.17) is 24.3 Å². The molecule has 4 atom stereocenters.